The van der Waals surface area contributed by atoms with Crippen LogP contribution in [0.25, 0.3) is 10.9 Å². The van der Waals surface area contributed by atoms with Crippen molar-refractivity contribution in [2.24, 2.45) is 0 Å². The number of amides is 1. The average Bonchev–Trinajstić information content (AvgIpc) is 3.09. The van der Waals surface area contributed by atoms with Gasteiger partial charge in [-0.05, 0) is 42.6 Å². The largest absolute Gasteiger partial charge is 0.486 e. The standard InChI is InChI=1S/C19H19N3O3/c1-12(21-15-4-5-17-18(11-15)25-9-8-24-17)19(23)22-14-3-2-13-6-7-20-16(13)10-14/h2-7,10-12,20-21H,8-9H2,1H3,(H,22,23). The smallest absolute Gasteiger partial charge is 0.246 e. The predicted octanol–water partition coefficient (Wildman–Crippen LogP) is 3.38. The van der Waals surface area contributed by atoms with E-state index >= 15 is 0 Å². The van der Waals surface area contributed by atoms with Crippen LogP contribution in [0, 0.1) is 0 Å². The average molecular weight is 337 g/mol. The molecule has 0 fully saturated rings. The van der Waals surface area contributed by atoms with E-state index in [1.54, 1.807) is 0 Å². The van der Waals surface area contributed by atoms with Crippen LogP contribution in [0.1, 0.15) is 6.92 Å². The van der Waals surface area contributed by atoms with Crippen molar-refractivity contribution in [1.82, 2.24) is 4.98 Å². The maximum atomic E-state index is 12.4. The van der Waals surface area contributed by atoms with Gasteiger partial charge in [-0.1, -0.05) is 6.07 Å². The van der Waals surface area contributed by atoms with Crippen LogP contribution in [-0.2, 0) is 4.79 Å². The number of aromatic nitrogens is 1. The molecule has 1 atom stereocenters. The highest BCUT2D eigenvalue weighted by Gasteiger charge is 2.16. The Balaban J connectivity index is 1.43. The van der Waals surface area contributed by atoms with E-state index in [1.165, 1.54) is 0 Å². The molecule has 0 bridgehead atoms. The van der Waals surface area contributed by atoms with Gasteiger partial charge in [-0.2, -0.15) is 0 Å². The van der Waals surface area contributed by atoms with Crippen molar-refractivity contribution >= 4 is 28.2 Å². The highest BCUT2D eigenvalue weighted by molar-refractivity contribution is 5.98. The van der Waals surface area contributed by atoms with Gasteiger partial charge in [0.25, 0.3) is 0 Å². The number of fused-ring (bicyclic) bond motifs is 2. The highest BCUT2D eigenvalue weighted by atomic mass is 16.6. The zero-order chi connectivity index (χ0) is 17.2. The van der Waals surface area contributed by atoms with Gasteiger partial charge in [0.1, 0.15) is 19.3 Å². The van der Waals surface area contributed by atoms with Crippen LogP contribution in [-0.4, -0.2) is 30.1 Å². The lowest BCUT2D eigenvalue weighted by molar-refractivity contribution is -0.116. The van der Waals surface area contributed by atoms with Gasteiger partial charge in [0, 0.05) is 29.2 Å². The fourth-order valence-corrected chi connectivity index (χ4v) is 2.82. The Morgan fingerprint density at radius 2 is 1.84 bits per heavy atom. The normalized spacial score (nSPS) is 14.1. The first-order chi connectivity index (χ1) is 12.2. The summed E-state index contributed by atoms with van der Waals surface area (Å²) < 4.78 is 11.1. The second kappa shape index (κ2) is 6.39. The summed E-state index contributed by atoms with van der Waals surface area (Å²) in [5.74, 6) is 1.31. The van der Waals surface area contributed by atoms with Gasteiger partial charge >= 0.3 is 0 Å². The van der Waals surface area contributed by atoms with E-state index in [-0.39, 0.29) is 5.91 Å². The molecule has 0 radical (unpaired) electrons. The molecule has 1 unspecified atom stereocenters. The number of aromatic amines is 1. The molecule has 1 aromatic heterocycles. The van der Waals surface area contributed by atoms with Crippen LogP contribution in [0.5, 0.6) is 11.5 Å². The van der Waals surface area contributed by atoms with Crippen molar-refractivity contribution < 1.29 is 14.3 Å². The number of rotatable bonds is 4. The summed E-state index contributed by atoms with van der Waals surface area (Å²) in [4.78, 5) is 15.6. The SMILES string of the molecule is CC(Nc1ccc2c(c1)OCCO2)C(=O)Nc1ccc2cc[nH]c2c1. The topological polar surface area (TPSA) is 75.4 Å². The molecule has 0 saturated carbocycles. The number of hydrogen-bond acceptors (Lipinski definition) is 4. The lowest BCUT2D eigenvalue weighted by atomic mass is 10.2. The van der Waals surface area contributed by atoms with Gasteiger partial charge in [0.15, 0.2) is 11.5 Å². The Kier molecular flexibility index (Phi) is 3.93. The number of ether oxygens (including phenoxy) is 2. The van der Waals surface area contributed by atoms with Gasteiger partial charge in [-0.15, -0.1) is 0 Å². The van der Waals surface area contributed by atoms with E-state index in [4.69, 9.17) is 9.47 Å². The van der Waals surface area contributed by atoms with E-state index in [0.29, 0.717) is 19.0 Å². The molecule has 3 aromatic rings. The van der Waals surface area contributed by atoms with E-state index < -0.39 is 6.04 Å². The van der Waals surface area contributed by atoms with Gasteiger partial charge < -0.3 is 25.1 Å². The molecule has 0 spiro atoms. The predicted molar refractivity (Wildman–Crippen MR) is 97.4 cm³/mol. The summed E-state index contributed by atoms with van der Waals surface area (Å²) in [6.07, 6.45) is 1.88. The third-order valence-corrected chi connectivity index (χ3v) is 4.14. The second-order valence-corrected chi connectivity index (χ2v) is 5.99. The van der Waals surface area contributed by atoms with Crippen molar-refractivity contribution in [2.75, 3.05) is 23.8 Å². The monoisotopic (exact) mass is 337 g/mol. The van der Waals surface area contributed by atoms with Crippen molar-refractivity contribution in [3.05, 3.63) is 48.7 Å². The number of carbonyl (C=O) groups excluding carboxylic acids is 1. The molecule has 0 saturated heterocycles. The summed E-state index contributed by atoms with van der Waals surface area (Å²) in [6.45, 7) is 2.91. The maximum absolute atomic E-state index is 12.4. The molecule has 0 aliphatic carbocycles. The maximum Gasteiger partial charge on any atom is 0.246 e. The Morgan fingerprint density at radius 1 is 1.04 bits per heavy atom. The lowest BCUT2D eigenvalue weighted by Crippen LogP contribution is -2.31. The quantitative estimate of drug-likeness (QED) is 0.682. The lowest BCUT2D eigenvalue weighted by Gasteiger charge is -2.20. The zero-order valence-corrected chi connectivity index (χ0v) is 13.8. The summed E-state index contributed by atoms with van der Waals surface area (Å²) in [5.41, 5.74) is 2.56. The van der Waals surface area contributed by atoms with Crippen LogP contribution in [0.15, 0.2) is 48.7 Å². The molecule has 2 aromatic carbocycles. The number of benzene rings is 2. The molecule has 6 heteroatoms. The number of carbonyl (C=O) groups is 1. The first-order valence-corrected chi connectivity index (χ1v) is 8.23. The molecule has 4 rings (SSSR count). The van der Waals surface area contributed by atoms with Crippen molar-refractivity contribution in [2.45, 2.75) is 13.0 Å². The number of anilines is 2. The summed E-state index contributed by atoms with van der Waals surface area (Å²) >= 11 is 0. The molecule has 2 heterocycles. The third kappa shape index (κ3) is 3.24. The number of nitrogens with one attached hydrogen (secondary N) is 3. The minimum atomic E-state index is -0.401. The molecule has 6 nitrogen and oxygen atoms in total. The summed E-state index contributed by atoms with van der Waals surface area (Å²) in [7, 11) is 0. The summed E-state index contributed by atoms with van der Waals surface area (Å²) in [5, 5.41) is 7.23. The fraction of sp³-hybridized carbons (Fsp3) is 0.211. The van der Waals surface area contributed by atoms with Crippen LogP contribution >= 0.6 is 0 Å². The van der Waals surface area contributed by atoms with Crippen molar-refractivity contribution in [3.63, 3.8) is 0 Å². The minimum Gasteiger partial charge on any atom is -0.486 e. The van der Waals surface area contributed by atoms with Gasteiger partial charge in [-0.3, -0.25) is 4.79 Å². The Hall–Kier alpha value is -3.15. The fourth-order valence-electron chi connectivity index (χ4n) is 2.82. The van der Waals surface area contributed by atoms with Crippen LogP contribution in [0.4, 0.5) is 11.4 Å². The number of hydrogen-bond donors (Lipinski definition) is 3. The highest BCUT2D eigenvalue weighted by Crippen LogP contribution is 2.32. The summed E-state index contributed by atoms with van der Waals surface area (Å²) in [6, 6.07) is 13.0. The molecule has 1 amide bonds. The molecule has 1 aliphatic rings. The van der Waals surface area contributed by atoms with E-state index in [0.717, 1.165) is 28.0 Å². The van der Waals surface area contributed by atoms with Gasteiger partial charge in [0.05, 0.1) is 0 Å². The Labute approximate surface area is 145 Å². The zero-order valence-electron chi connectivity index (χ0n) is 13.8. The second-order valence-electron chi connectivity index (χ2n) is 5.99. The van der Waals surface area contributed by atoms with E-state index in [9.17, 15) is 4.79 Å². The van der Waals surface area contributed by atoms with Crippen LogP contribution in [0.3, 0.4) is 0 Å². The number of H-pyrrole nitrogens is 1. The Morgan fingerprint density at radius 3 is 2.72 bits per heavy atom. The van der Waals surface area contributed by atoms with E-state index in [2.05, 4.69) is 15.6 Å². The molecule has 128 valence electrons. The molecular weight excluding hydrogens is 318 g/mol. The van der Waals surface area contributed by atoms with Gasteiger partial charge in [-0.25, -0.2) is 0 Å². The molecule has 25 heavy (non-hydrogen) atoms. The molecular formula is C19H19N3O3. The van der Waals surface area contributed by atoms with Crippen molar-refractivity contribution in [3.8, 4) is 11.5 Å². The Bertz CT molecular complexity index is 919. The minimum absolute atomic E-state index is 0.110. The molecule has 1 aliphatic heterocycles. The molecule has 3 N–H and O–H groups in total. The van der Waals surface area contributed by atoms with Gasteiger partial charge in [0.2, 0.25) is 5.91 Å². The third-order valence-electron chi connectivity index (χ3n) is 4.14. The first-order valence-electron chi connectivity index (χ1n) is 8.23. The van der Waals surface area contributed by atoms with Crippen molar-refractivity contribution in [1.29, 1.82) is 0 Å². The van der Waals surface area contributed by atoms with E-state index in [1.807, 2.05) is 55.6 Å². The van der Waals surface area contributed by atoms with Crippen LogP contribution < -0.4 is 20.1 Å². The first kappa shape index (κ1) is 15.4. The van der Waals surface area contributed by atoms with Crippen LogP contribution in [0.2, 0.25) is 0 Å².